The van der Waals surface area contributed by atoms with Gasteiger partial charge in [0.25, 0.3) is 0 Å². The van der Waals surface area contributed by atoms with Crippen LogP contribution in [0, 0.1) is 17.7 Å². The van der Waals surface area contributed by atoms with Crippen LogP contribution in [0.4, 0.5) is 4.39 Å². The van der Waals surface area contributed by atoms with Crippen LogP contribution in [0.3, 0.4) is 0 Å². The van der Waals surface area contributed by atoms with Crippen molar-refractivity contribution < 1.29 is 18.7 Å². The topological polar surface area (TPSA) is 67.7 Å². The molecular formula is C22H23FN4O3. The SMILES string of the molecule is CN(CCn1cccn1)C(=O)[C@@H]1[C@@H]2C=C[C@@]3(CN(Cc4ccc(F)cc4)C(=O)[C@@H]13)O2. The standard InChI is InChI=1S/C22H23FN4O3/c1-25(11-12-27-10-2-9-24-27)20(28)18-17-7-8-22(30-17)14-26(21(29)19(18)22)13-15-3-5-16(23)6-4-15/h2-10,17-19H,11-14H2,1H3/t17-,18+,19+,22-/m0/s1. The molecule has 7 nitrogen and oxygen atoms in total. The van der Waals surface area contributed by atoms with Crippen LogP contribution in [0.2, 0.25) is 0 Å². The molecule has 156 valence electrons. The van der Waals surface area contributed by atoms with Crippen LogP contribution in [0.1, 0.15) is 5.56 Å². The zero-order valence-corrected chi connectivity index (χ0v) is 16.6. The fourth-order valence-electron chi connectivity index (χ4n) is 4.85. The highest BCUT2D eigenvalue weighted by atomic mass is 19.1. The summed E-state index contributed by atoms with van der Waals surface area (Å²) < 4.78 is 21.1. The minimum absolute atomic E-state index is 0.0787. The lowest BCUT2D eigenvalue weighted by Gasteiger charge is -2.27. The zero-order chi connectivity index (χ0) is 20.9. The molecule has 2 fully saturated rings. The third-order valence-corrected chi connectivity index (χ3v) is 6.35. The summed E-state index contributed by atoms with van der Waals surface area (Å²) in [6.07, 6.45) is 7.04. The number of halogens is 1. The Morgan fingerprint density at radius 2 is 2.17 bits per heavy atom. The second-order valence-electron chi connectivity index (χ2n) is 8.25. The number of hydrogen-bond donors (Lipinski definition) is 0. The van der Waals surface area contributed by atoms with Crippen molar-refractivity contribution in [1.82, 2.24) is 19.6 Å². The molecule has 3 aliphatic heterocycles. The summed E-state index contributed by atoms with van der Waals surface area (Å²) in [5, 5.41) is 4.16. The number of hydrogen-bond acceptors (Lipinski definition) is 4. The Morgan fingerprint density at radius 3 is 2.90 bits per heavy atom. The molecule has 1 aromatic carbocycles. The molecule has 0 unspecified atom stereocenters. The number of rotatable bonds is 6. The molecule has 30 heavy (non-hydrogen) atoms. The maximum atomic E-state index is 13.3. The number of aromatic nitrogens is 2. The largest absolute Gasteiger partial charge is 0.360 e. The maximum absolute atomic E-state index is 13.3. The van der Waals surface area contributed by atoms with E-state index < -0.39 is 17.4 Å². The van der Waals surface area contributed by atoms with Crippen LogP contribution in [-0.2, 0) is 27.4 Å². The molecule has 0 saturated carbocycles. The van der Waals surface area contributed by atoms with Gasteiger partial charge in [0.05, 0.1) is 31.0 Å². The fourth-order valence-corrected chi connectivity index (χ4v) is 4.85. The Kier molecular flexibility index (Phi) is 4.47. The van der Waals surface area contributed by atoms with E-state index in [-0.39, 0.29) is 23.7 Å². The molecule has 2 amide bonds. The number of carbonyl (C=O) groups is 2. The van der Waals surface area contributed by atoms with Crippen LogP contribution in [-0.4, -0.2) is 63.2 Å². The van der Waals surface area contributed by atoms with E-state index in [0.717, 1.165) is 5.56 Å². The van der Waals surface area contributed by atoms with E-state index in [9.17, 15) is 14.0 Å². The first-order valence-electron chi connectivity index (χ1n) is 10.1. The van der Waals surface area contributed by atoms with Gasteiger partial charge in [-0.3, -0.25) is 14.3 Å². The summed E-state index contributed by atoms with van der Waals surface area (Å²) in [6.45, 7) is 1.86. The van der Waals surface area contributed by atoms with Crippen molar-refractivity contribution in [3.05, 3.63) is 66.3 Å². The van der Waals surface area contributed by atoms with E-state index in [1.54, 1.807) is 39.9 Å². The van der Waals surface area contributed by atoms with E-state index in [1.807, 2.05) is 24.4 Å². The molecule has 8 heteroatoms. The quantitative estimate of drug-likeness (QED) is 0.677. The molecule has 0 aliphatic carbocycles. The van der Waals surface area contributed by atoms with Crippen LogP contribution in [0.15, 0.2) is 54.9 Å². The lowest BCUT2D eigenvalue weighted by atomic mass is 9.76. The number of ether oxygens (including phenoxy) is 1. The van der Waals surface area contributed by atoms with Crippen LogP contribution in [0.5, 0.6) is 0 Å². The summed E-state index contributed by atoms with van der Waals surface area (Å²) in [6, 6.07) is 7.96. The molecule has 4 atom stereocenters. The smallest absolute Gasteiger partial charge is 0.230 e. The van der Waals surface area contributed by atoms with Gasteiger partial charge in [-0.15, -0.1) is 0 Å². The maximum Gasteiger partial charge on any atom is 0.230 e. The van der Waals surface area contributed by atoms with Crippen molar-refractivity contribution in [2.45, 2.75) is 24.8 Å². The first-order chi connectivity index (χ1) is 14.5. The van der Waals surface area contributed by atoms with Crippen LogP contribution >= 0.6 is 0 Å². The van der Waals surface area contributed by atoms with Gasteiger partial charge >= 0.3 is 0 Å². The Labute approximate surface area is 173 Å². The lowest BCUT2D eigenvalue weighted by Crippen LogP contribution is -2.45. The summed E-state index contributed by atoms with van der Waals surface area (Å²) in [7, 11) is 1.75. The van der Waals surface area contributed by atoms with Gasteiger partial charge in [-0.2, -0.15) is 5.10 Å². The summed E-state index contributed by atoms with van der Waals surface area (Å²) in [5.74, 6) is -1.52. The predicted molar refractivity (Wildman–Crippen MR) is 105 cm³/mol. The van der Waals surface area contributed by atoms with Crippen molar-refractivity contribution in [2.24, 2.45) is 11.8 Å². The summed E-state index contributed by atoms with van der Waals surface area (Å²) >= 11 is 0. The molecule has 5 rings (SSSR count). The van der Waals surface area contributed by atoms with Gasteiger partial charge in [-0.05, 0) is 23.8 Å². The van der Waals surface area contributed by atoms with Crippen molar-refractivity contribution in [1.29, 1.82) is 0 Å². The zero-order valence-electron chi connectivity index (χ0n) is 16.6. The van der Waals surface area contributed by atoms with E-state index in [1.165, 1.54) is 12.1 Å². The lowest BCUT2D eigenvalue weighted by molar-refractivity contribution is -0.142. The molecule has 1 spiro atoms. The molecule has 0 radical (unpaired) electrons. The first kappa shape index (κ1) is 19.0. The van der Waals surface area contributed by atoms with Crippen molar-refractivity contribution in [3.63, 3.8) is 0 Å². The van der Waals surface area contributed by atoms with Crippen molar-refractivity contribution in [2.75, 3.05) is 20.1 Å². The molecule has 1 aromatic heterocycles. The number of likely N-dealkylation sites (N-methyl/N-ethyl adjacent to an activating group) is 1. The minimum Gasteiger partial charge on any atom is -0.360 e. The second kappa shape index (κ2) is 7.05. The van der Waals surface area contributed by atoms with E-state index >= 15 is 0 Å². The van der Waals surface area contributed by atoms with Gasteiger partial charge < -0.3 is 14.5 Å². The van der Waals surface area contributed by atoms with Gasteiger partial charge in [0.1, 0.15) is 11.4 Å². The molecule has 4 heterocycles. The van der Waals surface area contributed by atoms with Gasteiger partial charge in [0.15, 0.2) is 0 Å². The van der Waals surface area contributed by atoms with E-state index in [2.05, 4.69) is 5.10 Å². The summed E-state index contributed by atoms with van der Waals surface area (Å²) in [4.78, 5) is 29.9. The van der Waals surface area contributed by atoms with Crippen LogP contribution in [0.25, 0.3) is 0 Å². The number of benzene rings is 1. The van der Waals surface area contributed by atoms with Gasteiger partial charge in [0.2, 0.25) is 11.8 Å². The average molecular weight is 410 g/mol. The molecule has 2 bridgehead atoms. The number of amides is 2. The van der Waals surface area contributed by atoms with E-state index in [0.29, 0.717) is 26.2 Å². The Hall–Kier alpha value is -3.00. The minimum atomic E-state index is -0.745. The molecule has 0 N–H and O–H groups in total. The summed E-state index contributed by atoms with van der Waals surface area (Å²) in [5.41, 5.74) is 0.101. The Balaban J connectivity index is 1.31. The number of carbonyl (C=O) groups excluding carboxylic acids is 2. The highest BCUT2D eigenvalue weighted by Crippen LogP contribution is 2.52. The molecule has 2 saturated heterocycles. The van der Waals surface area contributed by atoms with Crippen molar-refractivity contribution >= 4 is 11.8 Å². The second-order valence-corrected chi connectivity index (χ2v) is 8.25. The van der Waals surface area contributed by atoms with Gasteiger partial charge in [0, 0.05) is 32.5 Å². The van der Waals surface area contributed by atoms with Crippen molar-refractivity contribution in [3.8, 4) is 0 Å². The van der Waals surface area contributed by atoms with Crippen LogP contribution < -0.4 is 0 Å². The number of fused-ring (bicyclic) bond motifs is 1. The first-order valence-corrected chi connectivity index (χ1v) is 10.1. The molecule has 2 aromatic rings. The molecular weight excluding hydrogens is 387 g/mol. The number of likely N-dealkylation sites (tertiary alicyclic amines) is 1. The highest BCUT2D eigenvalue weighted by molar-refractivity contribution is 5.93. The number of nitrogens with zero attached hydrogens (tertiary/aromatic N) is 4. The average Bonchev–Trinajstić information content (AvgIpc) is 3.50. The van der Waals surface area contributed by atoms with Gasteiger partial charge in [-0.1, -0.05) is 24.3 Å². The Bertz CT molecular complexity index is 990. The third kappa shape index (κ3) is 3.02. The normalized spacial score (nSPS) is 28.9. The third-order valence-electron chi connectivity index (χ3n) is 6.35. The molecule has 3 aliphatic rings. The fraction of sp³-hybridized carbons (Fsp3) is 0.409. The van der Waals surface area contributed by atoms with E-state index in [4.69, 9.17) is 4.74 Å². The monoisotopic (exact) mass is 410 g/mol. The Morgan fingerprint density at radius 1 is 1.37 bits per heavy atom. The predicted octanol–water partition coefficient (Wildman–Crippen LogP) is 1.46. The van der Waals surface area contributed by atoms with Gasteiger partial charge in [-0.25, -0.2) is 4.39 Å². The highest BCUT2D eigenvalue weighted by Gasteiger charge is 2.67.